The number of carbonyl (C=O) groups excluding carboxylic acids is 1. The lowest BCUT2D eigenvalue weighted by Crippen LogP contribution is -2.05. The molecule has 14 heavy (non-hydrogen) atoms. The van der Waals surface area contributed by atoms with Gasteiger partial charge in [-0.1, -0.05) is 0 Å². The molecule has 1 aromatic carbocycles. The van der Waals surface area contributed by atoms with Gasteiger partial charge in [0.15, 0.2) is 0 Å². The van der Waals surface area contributed by atoms with Crippen molar-refractivity contribution >= 4 is 12.0 Å². The highest BCUT2D eigenvalue weighted by Gasteiger charge is 2.16. The minimum Gasteiger partial charge on any atom is -0.867 e. The molecule has 1 rings (SSSR count). The van der Waals surface area contributed by atoms with Crippen molar-refractivity contribution in [1.82, 2.24) is 0 Å². The molecule has 0 saturated carbocycles. The summed E-state index contributed by atoms with van der Waals surface area (Å²) in [5.74, 6) is -0.812. The summed E-state index contributed by atoms with van der Waals surface area (Å²) in [4.78, 5) is 20.2. The summed E-state index contributed by atoms with van der Waals surface area (Å²) in [7, 11) is 0. The predicted octanol–water partition coefficient (Wildman–Crippen LogP) is 1.10. The van der Waals surface area contributed by atoms with Gasteiger partial charge in [0, 0.05) is 11.1 Å². The third-order valence-electron chi connectivity index (χ3n) is 2.11. The number of hydrogen-bond donors (Lipinski definition) is 0. The number of hydrogen-bond acceptors (Lipinski definition) is 4. The van der Waals surface area contributed by atoms with Crippen LogP contribution in [-0.4, -0.2) is 11.2 Å². The van der Waals surface area contributed by atoms with Crippen LogP contribution in [-0.2, 0) is 0 Å². The van der Waals surface area contributed by atoms with Gasteiger partial charge in [0.25, 0.3) is 5.69 Å². The molecule has 5 heteroatoms. The molecule has 0 bridgehead atoms. The van der Waals surface area contributed by atoms with Crippen LogP contribution in [0.1, 0.15) is 21.5 Å². The quantitative estimate of drug-likeness (QED) is 0.401. The van der Waals surface area contributed by atoms with Crippen molar-refractivity contribution in [3.05, 3.63) is 32.9 Å². The molecule has 1 aromatic rings. The van der Waals surface area contributed by atoms with Gasteiger partial charge in [-0.15, -0.1) is 0 Å². The summed E-state index contributed by atoms with van der Waals surface area (Å²) in [5, 5.41) is 21.9. The van der Waals surface area contributed by atoms with Crippen LogP contribution in [0.15, 0.2) is 6.07 Å². The van der Waals surface area contributed by atoms with Crippen molar-refractivity contribution in [1.29, 1.82) is 0 Å². The van der Waals surface area contributed by atoms with Crippen molar-refractivity contribution < 1.29 is 14.8 Å². The Bertz CT molecular complexity index is 412. The Hall–Kier alpha value is -1.91. The van der Waals surface area contributed by atoms with Gasteiger partial charge >= 0.3 is 0 Å². The van der Waals surface area contributed by atoms with Crippen molar-refractivity contribution in [2.24, 2.45) is 0 Å². The van der Waals surface area contributed by atoms with Gasteiger partial charge in [0.05, 0.1) is 4.92 Å². The minimum absolute atomic E-state index is 0.167. The second-order valence-electron chi connectivity index (χ2n) is 2.96. The van der Waals surface area contributed by atoms with E-state index in [1.54, 1.807) is 6.92 Å². The van der Waals surface area contributed by atoms with E-state index >= 15 is 0 Å². The van der Waals surface area contributed by atoms with Crippen LogP contribution in [0.25, 0.3) is 0 Å². The Labute approximate surface area is 80.1 Å². The molecular formula is C9H8NO4-. The van der Waals surface area contributed by atoms with Crippen molar-refractivity contribution in [3.8, 4) is 5.75 Å². The number of nitro groups is 1. The molecule has 0 aliphatic carbocycles. The molecule has 74 valence electrons. The lowest BCUT2D eigenvalue weighted by atomic mass is 10.0. The van der Waals surface area contributed by atoms with Gasteiger partial charge in [0.1, 0.15) is 6.29 Å². The van der Waals surface area contributed by atoms with Gasteiger partial charge in [0.2, 0.25) is 0 Å². The average molecular weight is 194 g/mol. The Morgan fingerprint density at radius 1 is 1.43 bits per heavy atom. The monoisotopic (exact) mass is 194 g/mol. The fourth-order valence-corrected chi connectivity index (χ4v) is 1.21. The fraction of sp³-hybridized carbons (Fsp3) is 0.222. The zero-order chi connectivity index (χ0) is 10.9. The first-order valence-electron chi connectivity index (χ1n) is 3.89. The van der Waals surface area contributed by atoms with E-state index in [9.17, 15) is 20.0 Å². The van der Waals surface area contributed by atoms with Crippen LogP contribution < -0.4 is 5.11 Å². The molecule has 0 atom stereocenters. The van der Waals surface area contributed by atoms with Crippen LogP contribution in [0.5, 0.6) is 5.75 Å². The van der Waals surface area contributed by atoms with Gasteiger partial charge in [-0.3, -0.25) is 14.9 Å². The van der Waals surface area contributed by atoms with Crippen LogP contribution in [0.3, 0.4) is 0 Å². The van der Waals surface area contributed by atoms with E-state index in [4.69, 9.17) is 0 Å². The summed E-state index contributed by atoms with van der Waals surface area (Å²) >= 11 is 0. The van der Waals surface area contributed by atoms with Crippen molar-refractivity contribution in [3.63, 3.8) is 0 Å². The third kappa shape index (κ3) is 1.44. The standard InChI is InChI=1S/C9H9NO4/c1-5-3-7(4-11)9(12)8(6(5)2)10(13)14/h3-4,12H,1-2H3/p-1. The summed E-state index contributed by atoms with van der Waals surface area (Å²) in [6, 6.07) is 1.36. The number of aldehydes is 1. The molecule has 0 saturated heterocycles. The molecule has 0 radical (unpaired) electrons. The second-order valence-corrected chi connectivity index (χ2v) is 2.96. The number of aryl methyl sites for hydroxylation is 1. The number of nitrogens with zero attached hydrogens (tertiary/aromatic N) is 1. The van der Waals surface area contributed by atoms with Gasteiger partial charge in [-0.2, -0.15) is 0 Å². The highest BCUT2D eigenvalue weighted by atomic mass is 16.6. The number of benzene rings is 1. The van der Waals surface area contributed by atoms with E-state index in [1.165, 1.54) is 13.0 Å². The van der Waals surface area contributed by atoms with Crippen molar-refractivity contribution in [2.45, 2.75) is 13.8 Å². The van der Waals surface area contributed by atoms with Gasteiger partial charge in [-0.25, -0.2) is 0 Å². The number of rotatable bonds is 2. The second kappa shape index (κ2) is 3.45. The molecule has 0 aliphatic rings. The van der Waals surface area contributed by atoms with E-state index < -0.39 is 16.4 Å². The van der Waals surface area contributed by atoms with Gasteiger partial charge in [-0.05, 0) is 31.2 Å². The molecular weight excluding hydrogens is 186 g/mol. The Morgan fingerprint density at radius 3 is 2.43 bits per heavy atom. The average Bonchev–Trinajstić information content (AvgIpc) is 2.11. The maximum absolute atomic E-state index is 11.3. The number of nitro benzene ring substituents is 1. The van der Waals surface area contributed by atoms with E-state index in [2.05, 4.69) is 0 Å². The first kappa shape index (κ1) is 10.2. The lowest BCUT2D eigenvalue weighted by molar-refractivity contribution is -0.398. The molecule has 0 aromatic heterocycles. The molecule has 0 aliphatic heterocycles. The van der Waals surface area contributed by atoms with E-state index in [1.807, 2.05) is 0 Å². The highest BCUT2D eigenvalue weighted by Crippen LogP contribution is 2.32. The molecule has 0 heterocycles. The van der Waals surface area contributed by atoms with E-state index in [-0.39, 0.29) is 5.56 Å². The Kier molecular flexibility index (Phi) is 2.51. The van der Waals surface area contributed by atoms with Crippen LogP contribution >= 0.6 is 0 Å². The van der Waals surface area contributed by atoms with Gasteiger partial charge < -0.3 is 5.11 Å². The molecule has 0 fully saturated rings. The number of carbonyl (C=O) groups is 1. The largest absolute Gasteiger partial charge is 0.867 e. The molecule has 0 spiro atoms. The zero-order valence-electron chi connectivity index (χ0n) is 7.73. The predicted molar refractivity (Wildman–Crippen MR) is 47.4 cm³/mol. The molecule has 0 amide bonds. The Balaban J connectivity index is 3.61. The maximum Gasteiger partial charge on any atom is 0.265 e. The van der Waals surface area contributed by atoms with Crippen LogP contribution in [0, 0.1) is 24.0 Å². The SMILES string of the molecule is Cc1cc(C=O)c([O-])c([N+](=O)[O-])c1C. The van der Waals surface area contributed by atoms with Crippen LogP contribution in [0.4, 0.5) is 5.69 Å². The fourth-order valence-electron chi connectivity index (χ4n) is 1.21. The summed E-state index contributed by atoms with van der Waals surface area (Å²) in [6.07, 6.45) is 0.335. The van der Waals surface area contributed by atoms with E-state index in [0.717, 1.165) is 0 Å². The third-order valence-corrected chi connectivity index (χ3v) is 2.11. The van der Waals surface area contributed by atoms with Crippen LogP contribution in [0.2, 0.25) is 0 Å². The zero-order valence-corrected chi connectivity index (χ0v) is 7.73. The normalized spacial score (nSPS) is 9.86. The lowest BCUT2D eigenvalue weighted by Gasteiger charge is -2.13. The Morgan fingerprint density at radius 2 is 2.00 bits per heavy atom. The minimum atomic E-state index is -0.812. The topological polar surface area (TPSA) is 83.3 Å². The first-order valence-corrected chi connectivity index (χ1v) is 3.89. The summed E-state index contributed by atoms with van der Waals surface area (Å²) < 4.78 is 0. The summed E-state index contributed by atoms with van der Waals surface area (Å²) in [6.45, 7) is 3.11. The first-order chi connectivity index (χ1) is 6.49. The molecule has 5 nitrogen and oxygen atoms in total. The summed E-state index contributed by atoms with van der Waals surface area (Å²) in [5.41, 5.74) is 0.205. The highest BCUT2D eigenvalue weighted by molar-refractivity contribution is 5.83. The van der Waals surface area contributed by atoms with Crippen molar-refractivity contribution in [2.75, 3.05) is 0 Å². The smallest absolute Gasteiger partial charge is 0.265 e. The molecule has 0 N–H and O–H groups in total. The molecule has 0 unspecified atom stereocenters. The maximum atomic E-state index is 11.3. The van der Waals surface area contributed by atoms with E-state index in [0.29, 0.717) is 17.4 Å².